The predicted molar refractivity (Wildman–Crippen MR) is 77.6 cm³/mol. The third-order valence-electron chi connectivity index (χ3n) is 5.39. The third-order valence-corrected chi connectivity index (χ3v) is 5.39. The van der Waals surface area contributed by atoms with Gasteiger partial charge < -0.3 is 5.11 Å². The molecule has 0 amide bonds. The van der Waals surface area contributed by atoms with E-state index in [0.717, 1.165) is 18.3 Å². The van der Waals surface area contributed by atoms with Gasteiger partial charge in [-0.1, -0.05) is 58.3 Å². The van der Waals surface area contributed by atoms with Gasteiger partial charge in [-0.05, 0) is 43.4 Å². The van der Waals surface area contributed by atoms with Crippen LogP contribution >= 0.6 is 0 Å². The first-order chi connectivity index (χ1) is 8.81. The molecule has 0 spiro atoms. The molecule has 0 aromatic heterocycles. The fraction of sp³-hybridized carbons (Fsp3) is 1.00. The van der Waals surface area contributed by atoms with E-state index in [1.54, 1.807) is 0 Å². The van der Waals surface area contributed by atoms with E-state index in [9.17, 15) is 5.11 Å². The molecular formula is C17H32O. The summed E-state index contributed by atoms with van der Waals surface area (Å²) in [7, 11) is 0. The first-order valence-electron chi connectivity index (χ1n) is 8.49. The number of rotatable bonds is 9. The van der Waals surface area contributed by atoms with E-state index in [4.69, 9.17) is 0 Å². The number of hydrogen-bond acceptors (Lipinski definition) is 1. The summed E-state index contributed by atoms with van der Waals surface area (Å²) in [4.78, 5) is 0. The lowest BCUT2D eigenvalue weighted by molar-refractivity contribution is 0.0652. The zero-order valence-corrected chi connectivity index (χ0v) is 12.2. The summed E-state index contributed by atoms with van der Waals surface area (Å²) < 4.78 is 0. The highest BCUT2D eigenvalue weighted by Gasteiger charge is 2.42. The summed E-state index contributed by atoms with van der Waals surface area (Å²) in [6.07, 6.45) is 16.2. The molecule has 2 aliphatic carbocycles. The Hall–Kier alpha value is -0.0400. The molecule has 0 aliphatic heterocycles. The van der Waals surface area contributed by atoms with Gasteiger partial charge in [0.2, 0.25) is 0 Å². The Morgan fingerprint density at radius 3 is 2.28 bits per heavy atom. The molecule has 0 aromatic rings. The van der Waals surface area contributed by atoms with Crippen LogP contribution in [0.4, 0.5) is 0 Å². The molecule has 0 radical (unpaired) electrons. The Morgan fingerprint density at radius 2 is 1.67 bits per heavy atom. The molecule has 2 aliphatic rings. The molecule has 0 saturated heterocycles. The fourth-order valence-electron chi connectivity index (χ4n) is 4.29. The normalized spacial score (nSPS) is 32.0. The first-order valence-corrected chi connectivity index (χ1v) is 8.49. The van der Waals surface area contributed by atoms with Gasteiger partial charge in [0.25, 0.3) is 0 Å². The largest absolute Gasteiger partial charge is 0.393 e. The van der Waals surface area contributed by atoms with Gasteiger partial charge in [-0.2, -0.15) is 0 Å². The number of hydrogen-bond donors (Lipinski definition) is 1. The third kappa shape index (κ3) is 3.98. The van der Waals surface area contributed by atoms with Crippen LogP contribution < -0.4 is 0 Å². The molecule has 1 nitrogen and oxygen atoms in total. The lowest BCUT2D eigenvalue weighted by Gasteiger charge is -2.26. The number of aliphatic hydroxyl groups excluding tert-OH is 1. The lowest BCUT2D eigenvalue weighted by atomic mass is 9.83. The Balaban J connectivity index is 1.49. The second-order valence-corrected chi connectivity index (χ2v) is 6.82. The van der Waals surface area contributed by atoms with Crippen LogP contribution in [-0.2, 0) is 0 Å². The molecule has 2 bridgehead atoms. The van der Waals surface area contributed by atoms with E-state index >= 15 is 0 Å². The zero-order valence-electron chi connectivity index (χ0n) is 12.2. The molecule has 2 saturated carbocycles. The summed E-state index contributed by atoms with van der Waals surface area (Å²) in [5, 5.41) is 10.3. The second kappa shape index (κ2) is 7.53. The van der Waals surface area contributed by atoms with Gasteiger partial charge in [0.05, 0.1) is 6.10 Å². The van der Waals surface area contributed by atoms with Crippen molar-refractivity contribution >= 4 is 0 Å². The summed E-state index contributed by atoms with van der Waals surface area (Å²) in [5.41, 5.74) is 0. The quantitative estimate of drug-likeness (QED) is 0.577. The molecule has 106 valence electrons. The highest BCUT2D eigenvalue weighted by atomic mass is 16.3. The summed E-state index contributed by atoms with van der Waals surface area (Å²) in [5.74, 6) is 2.53. The highest BCUT2D eigenvalue weighted by molar-refractivity contribution is 4.92. The average Bonchev–Trinajstić information content (AvgIpc) is 2.99. The van der Waals surface area contributed by atoms with Crippen molar-refractivity contribution in [3.05, 3.63) is 0 Å². The Bertz CT molecular complexity index is 226. The number of unbranched alkanes of at least 4 members (excludes halogenated alkanes) is 6. The maximum Gasteiger partial charge on any atom is 0.0571 e. The minimum atomic E-state index is 0.0240. The van der Waals surface area contributed by atoms with Gasteiger partial charge in [0.15, 0.2) is 0 Å². The molecule has 4 unspecified atom stereocenters. The molecule has 18 heavy (non-hydrogen) atoms. The van der Waals surface area contributed by atoms with Crippen molar-refractivity contribution in [3.63, 3.8) is 0 Å². The SMILES string of the molecule is CCCCCCCCCC(O)C1CC2CCC1C2. The zero-order chi connectivity index (χ0) is 12.8. The van der Waals surface area contributed by atoms with Crippen LogP contribution in [0.25, 0.3) is 0 Å². The van der Waals surface area contributed by atoms with Gasteiger partial charge in [-0.3, -0.25) is 0 Å². The minimum Gasteiger partial charge on any atom is -0.393 e. The minimum absolute atomic E-state index is 0.0240. The van der Waals surface area contributed by atoms with Crippen LogP contribution in [0.5, 0.6) is 0 Å². The molecule has 0 heterocycles. The molecule has 1 N–H and O–H groups in total. The van der Waals surface area contributed by atoms with Gasteiger partial charge in [0.1, 0.15) is 0 Å². The monoisotopic (exact) mass is 252 g/mol. The Labute approximate surface area is 113 Å². The predicted octanol–water partition coefficient (Wildman–Crippen LogP) is 4.92. The van der Waals surface area contributed by atoms with Crippen molar-refractivity contribution in [2.75, 3.05) is 0 Å². The molecular weight excluding hydrogens is 220 g/mol. The molecule has 0 aromatic carbocycles. The smallest absolute Gasteiger partial charge is 0.0571 e. The van der Waals surface area contributed by atoms with Gasteiger partial charge in [-0.15, -0.1) is 0 Å². The van der Waals surface area contributed by atoms with E-state index < -0.39 is 0 Å². The molecule has 2 rings (SSSR count). The van der Waals surface area contributed by atoms with E-state index in [0.29, 0.717) is 5.92 Å². The van der Waals surface area contributed by atoms with E-state index in [2.05, 4.69) is 6.92 Å². The average molecular weight is 252 g/mol. The van der Waals surface area contributed by atoms with Crippen LogP contribution in [0.15, 0.2) is 0 Å². The van der Waals surface area contributed by atoms with Crippen molar-refractivity contribution in [2.24, 2.45) is 17.8 Å². The van der Waals surface area contributed by atoms with Crippen LogP contribution in [-0.4, -0.2) is 11.2 Å². The van der Waals surface area contributed by atoms with Crippen LogP contribution in [0, 0.1) is 17.8 Å². The van der Waals surface area contributed by atoms with E-state index in [1.807, 2.05) is 0 Å². The van der Waals surface area contributed by atoms with Crippen molar-refractivity contribution in [3.8, 4) is 0 Å². The topological polar surface area (TPSA) is 20.2 Å². The standard InChI is InChI=1S/C17H32O/c1-2-3-4-5-6-7-8-9-17(18)16-13-14-10-11-15(16)12-14/h14-18H,2-13H2,1H3. The van der Waals surface area contributed by atoms with Crippen molar-refractivity contribution < 1.29 is 5.11 Å². The van der Waals surface area contributed by atoms with Crippen molar-refractivity contribution in [1.29, 1.82) is 0 Å². The fourth-order valence-corrected chi connectivity index (χ4v) is 4.29. The van der Waals surface area contributed by atoms with Crippen LogP contribution in [0.2, 0.25) is 0 Å². The Morgan fingerprint density at radius 1 is 0.944 bits per heavy atom. The lowest BCUT2D eigenvalue weighted by Crippen LogP contribution is -2.25. The van der Waals surface area contributed by atoms with Crippen molar-refractivity contribution in [2.45, 2.75) is 90.1 Å². The summed E-state index contributed by atoms with van der Waals surface area (Å²) in [6.45, 7) is 2.27. The molecule has 1 heteroatoms. The first kappa shape index (κ1) is 14.4. The van der Waals surface area contributed by atoms with Gasteiger partial charge in [0, 0.05) is 0 Å². The molecule has 4 atom stereocenters. The Kier molecular flexibility index (Phi) is 6.01. The maximum atomic E-state index is 10.3. The summed E-state index contributed by atoms with van der Waals surface area (Å²) >= 11 is 0. The van der Waals surface area contributed by atoms with E-state index in [-0.39, 0.29) is 6.10 Å². The van der Waals surface area contributed by atoms with Crippen LogP contribution in [0.1, 0.15) is 84.0 Å². The molecule has 2 fully saturated rings. The number of aliphatic hydroxyl groups is 1. The number of fused-ring (bicyclic) bond motifs is 2. The van der Waals surface area contributed by atoms with Gasteiger partial charge in [-0.25, -0.2) is 0 Å². The highest BCUT2D eigenvalue weighted by Crippen LogP contribution is 2.50. The van der Waals surface area contributed by atoms with Gasteiger partial charge >= 0.3 is 0 Å². The maximum absolute atomic E-state index is 10.3. The second-order valence-electron chi connectivity index (χ2n) is 6.82. The van der Waals surface area contributed by atoms with Crippen LogP contribution in [0.3, 0.4) is 0 Å². The van der Waals surface area contributed by atoms with E-state index in [1.165, 1.54) is 70.6 Å². The summed E-state index contributed by atoms with van der Waals surface area (Å²) in [6, 6.07) is 0. The van der Waals surface area contributed by atoms with Crippen molar-refractivity contribution in [1.82, 2.24) is 0 Å².